The number of ether oxygens (including phenoxy) is 1. The summed E-state index contributed by atoms with van der Waals surface area (Å²) < 4.78 is 5.23. The van der Waals surface area contributed by atoms with Crippen LogP contribution in [0.1, 0.15) is 5.69 Å². The first kappa shape index (κ1) is 21.6. The summed E-state index contributed by atoms with van der Waals surface area (Å²) >= 11 is 0. The van der Waals surface area contributed by atoms with Gasteiger partial charge in [-0.2, -0.15) is 0 Å². The Bertz CT molecular complexity index is 842. The van der Waals surface area contributed by atoms with Gasteiger partial charge in [-0.1, -0.05) is 6.07 Å². The zero-order valence-corrected chi connectivity index (χ0v) is 17.7. The number of likely N-dealkylation sites (N-methyl/N-ethyl adjacent to an activating group) is 1. The predicted octanol–water partition coefficient (Wildman–Crippen LogP) is 0.985. The SMILES string of the molecule is COc1ccc(N2CCN(CC(=O)NCc3ccccn3)[C@@H](C(=O)N(C)C)C2)cc1. The van der Waals surface area contributed by atoms with Gasteiger partial charge in [0.15, 0.2) is 0 Å². The quantitative estimate of drug-likeness (QED) is 0.732. The average molecular weight is 412 g/mol. The second kappa shape index (κ2) is 10.1. The van der Waals surface area contributed by atoms with E-state index in [9.17, 15) is 9.59 Å². The number of rotatable bonds is 7. The van der Waals surface area contributed by atoms with Crippen molar-refractivity contribution in [3.63, 3.8) is 0 Å². The van der Waals surface area contributed by atoms with Crippen molar-refractivity contribution < 1.29 is 14.3 Å². The molecule has 30 heavy (non-hydrogen) atoms. The van der Waals surface area contributed by atoms with Gasteiger partial charge in [-0.3, -0.25) is 19.5 Å². The summed E-state index contributed by atoms with van der Waals surface area (Å²) in [5.41, 5.74) is 1.84. The number of hydrogen-bond acceptors (Lipinski definition) is 6. The maximum atomic E-state index is 12.8. The molecule has 160 valence electrons. The molecule has 1 N–H and O–H groups in total. The molecule has 0 spiro atoms. The largest absolute Gasteiger partial charge is 0.497 e. The van der Waals surface area contributed by atoms with Crippen molar-refractivity contribution >= 4 is 17.5 Å². The number of carbonyl (C=O) groups excluding carboxylic acids is 2. The van der Waals surface area contributed by atoms with Gasteiger partial charge in [0.2, 0.25) is 11.8 Å². The molecule has 0 saturated carbocycles. The van der Waals surface area contributed by atoms with Gasteiger partial charge in [-0.05, 0) is 36.4 Å². The van der Waals surface area contributed by atoms with Crippen LogP contribution in [-0.2, 0) is 16.1 Å². The molecule has 1 aromatic carbocycles. The maximum Gasteiger partial charge on any atom is 0.241 e. The molecule has 2 aromatic rings. The van der Waals surface area contributed by atoms with Crippen molar-refractivity contribution in [3.8, 4) is 5.75 Å². The van der Waals surface area contributed by atoms with Gasteiger partial charge >= 0.3 is 0 Å². The van der Waals surface area contributed by atoms with Gasteiger partial charge in [0.05, 0.1) is 25.9 Å². The van der Waals surface area contributed by atoms with Gasteiger partial charge in [0, 0.05) is 45.6 Å². The molecule has 2 heterocycles. The van der Waals surface area contributed by atoms with E-state index < -0.39 is 6.04 Å². The maximum absolute atomic E-state index is 12.8. The number of hydrogen-bond donors (Lipinski definition) is 1. The molecule has 1 aliphatic heterocycles. The van der Waals surface area contributed by atoms with E-state index in [2.05, 4.69) is 15.2 Å². The molecule has 3 rings (SSSR count). The summed E-state index contributed by atoms with van der Waals surface area (Å²) in [6, 6.07) is 13.0. The molecule has 0 bridgehead atoms. The van der Waals surface area contributed by atoms with Gasteiger partial charge < -0.3 is 19.9 Å². The molecule has 0 radical (unpaired) electrons. The first-order valence-electron chi connectivity index (χ1n) is 9.98. The molecule has 1 aromatic heterocycles. The van der Waals surface area contributed by atoms with E-state index in [4.69, 9.17) is 4.74 Å². The number of nitrogens with zero attached hydrogens (tertiary/aromatic N) is 4. The minimum absolute atomic E-state index is 0.00858. The summed E-state index contributed by atoms with van der Waals surface area (Å²) in [7, 11) is 5.13. The third kappa shape index (κ3) is 5.48. The Kier molecular flexibility index (Phi) is 7.24. The Hall–Kier alpha value is -3.13. The van der Waals surface area contributed by atoms with E-state index in [-0.39, 0.29) is 18.4 Å². The summed E-state index contributed by atoms with van der Waals surface area (Å²) in [5.74, 6) is 0.670. The summed E-state index contributed by atoms with van der Waals surface area (Å²) in [6.07, 6.45) is 1.70. The standard InChI is InChI=1S/C22H29N5O3/c1-25(2)22(29)20-15-26(18-7-9-19(30-3)10-8-18)12-13-27(20)16-21(28)24-14-17-6-4-5-11-23-17/h4-11,20H,12-16H2,1-3H3,(H,24,28)/t20-/m1/s1. The van der Waals surface area contributed by atoms with Gasteiger partial charge in [-0.15, -0.1) is 0 Å². The molecule has 1 aliphatic rings. The van der Waals surface area contributed by atoms with Crippen molar-refractivity contribution in [2.45, 2.75) is 12.6 Å². The van der Waals surface area contributed by atoms with Crippen molar-refractivity contribution in [1.29, 1.82) is 0 Å². The van der Waals surface area contributed by atoms with Crippen molar-refractivity contribution in [3.05, 3.63) is 54.4 Å². The monoisotopic (exact) mass is 411 g/mol. The van der Waals surface area contributed by atoms with Crippen LogP contribution in [0.4, 0.5) is 5.69 Å². The first-order valence-corrected chi connectivity index (χ1v) is 9.98. The van der Waals surface area contributed by atoms with Crippen LogP contribution in [-0.4, -0.2) is 80.0 Å². The number of carbonyl (C=O) groups is 2. The Balaban J connectivity index is 1.64. The zero-order valence-electron chi connectivity index (χ0n) is 17.7. The van der Waals surface area contributed by atoms with Gasteiger partial charge in [0.25, 0.3) is 0 Å². The molecule has 1 atom stereocenters. The van der Waals surface area contributed by atoms with Crippen LogP contribution in [0.3, 0.4) is 0 Å². The smallest absolute Gasteiger partial charge is 0.241 e. The predicted molar refractivity (Wildman–Crippen MR) is 115 cm³/mol. The number of aromatic nitrogens is 1. The number of methoxy groups -OCH3 is 1. The molecule has 1 fully saturated rings. The van der Waals surface area contributed by atoms with Crippen LogP contribution < -0.4 is 15.0 Å². The third-order valence-corrected chi connectivity index (χ3v) is 5.19. The van der Waals surface area contributed by atoms with Crippen molar-refractivity contribution in [2.24, 2.45) is 0 Å². The summed E-state index contributed by atoms with van der Waals surface area (Å²) in [4.78, 5) is 35.3. The molecule has 0 aliphatic carbocycles. The van der Waals surface area contributed by atoms with E-state index in [1.807, 2.05) is 47.4 Å². The molecular formula is C22H29N5O3. The summed E-state index contributed by atoms with van der Waals surface area (Å²) in [5, 5.41) is 2.90. The van der Waals surface area contributed by atoms with Crippen LogP contribution in [0, 0.1) is 0 Å². The second-order valence-electron chi connectivity index (χ2n) is 7.46. The Morgan fingerprint density at radius 1 is 1.17 bits per heavy atom. The lowest BCUT2D eigenvalue weighted by Crippen LogP contribution is -2.60. The van der Waals surface area contributed by atoms with Gasteiger partial charge in [-0.25, -0.2) is 0 Å². The van der Waals surface area contributed by atoms with E-state index in [0.29, 0.717) is 19.6 Å². The van der Waals surface area contributed by atoms with E-state index in [1.54, 1.807) is 32.3 Å². The van der Waals surface area contributed by atoms with E-state index in [0.717, 1.165) is 23.7 Å². The zero-order chi connectivity index (χ0) is 21.5. The number of amides is 2. The fourth-order valence-corrected chi connectivity index (χ4v) is 3.50. The molecule has 0 unspecified atom stereocenters. The number of benzene rings is 1. The van der Waals surface area contributed by atoms with Crippen molar-refractivity contribution in [2.75, 3.05) is 52.3 Å². The van der Waals surface area contributed by atoms with Crippen LogP contribution in [0.15, 0.2) is 48.7 Å². The second-order valence-corrected chi connectivity index (χ2v) is 7.46. The average Bonchev–Trinajstić information content (AvgIpc) is 2.78. The normalized spacial score (nSPS) is 16.8. The van der Waals surface area contributed by atoms with Crippen molar-refractivity contribution in [1.82, 2.24) is 20.1 Å². The first-order chi connectivity index (χ1) is 14.5. The highest BCUT2D eigenvalue weighted by molar-refractivity contribution is 5.84. The van der Waals surface area contributed by atoms with Gasteiger partial charge in [0.1, 0.15) is 11.8 Å². The fraction of sp³-hybridized carbons (Fsp3) is 0.409. The molecule has 8 nitrogen and oxygen atoms in total. The molecule has 1 saturated heterocycles. The number of piperazine rings is 1. The van der Waals surface area contributed by atoms with E-state index >= 15 is 0 Å². The van der Waals surface area contributed by atoms with E-state index in [1.165, 1.54) is 0 Å². The van der Waals surface area contributed by atoms with Crippen LogP contribution in [0.25, 0.3) is 0 Å². The van der Waals surface area contributed by atoms with Crippen LogP contribution >= 0.6 is 0 Å². The topological polar surface area (TPSA) is 78.0 Å². The Morgan fingerprint density at radius 3 is 2.57 bits per heavy atom. The lowest BCUT2D eigenvalue weighted by Gasteiger charge is -2.42. The third-order valence-electron chi connectivity index (χ3n) is 5.19. The number of nitrogens with one attached hydrogen (secondary N) is 1. The highest BCUT2D eigenvalue weighted by Gasteiger charge is 2.34. The lowest BCUT2D eigenvalue weighted by atomic mass is 10.1. The Morgan fingerprint density at radius 2 is 1.93 bits per heavy atom. The number of anilines is 1. The highest BCUT2D eigenvalue weighted by Crippen LogP contribution is 2.23. The Labute approximate surface area is 177 Å². The molecular weight excluding hydrogens is 382 g/mol. The van der Waals surface area contributed by atoms with Crippen LogP contribution in [0.2, 0.25) is 0 Å². The molecule has 8 heteroatoms. The number of pyridine rings is 1. The molecule has 2 amide bonds. The fourth-order valence-electron chi connectivity index (χ4n) is 3.50. The van der Waals surface area contributed by atoms with Crippen LogP contribution in [0.5, 0.6) is 5.75 Å². The minimum Gasteiger partial charge on any atom is -0.497 e. The summed E-state index contributed by atoms with van der Waals surface area (Å²) in [6.45, 7) is 2.42. The highest BCUT2D eigenvalue weighted by atomic mass is 16.5. The minimum atomic E-state index is -0.392. The lowest BCUT2D eigenvalue weighted by molar-refractivity contribution is -0.136.